The number of nitrogens with one attached hydrogen (secondary N) is 3. The normalized spacial score (nSPS) is 12.1. The third-order valence-electron chi connectivity index (χ3n) is 4.08. The third kappa shape index (κ3) is 4.02. The molecular formula is C18H20N6O3. The first-order valence-electron chi connectivity index (χ1n) is 8.42. The highest BCUT2D eigenvalue weighted by molar-refractivity contribution is 5.96. The topological polar surface area (TPSA) is 133 Å². The van der Waals surface area contributed by atoms with Crippen LogP contribution in [0.25, 0.3) is 22.2 Å². The fourth-order valence-corrected chi connectivity index (χ4v) is 2.70. The summed E-state index contributed by atoms with van der Waals surface area (Å²) in [6, 6.07) is 3.81. The van der Waals surface area contributed by atoms with Gasteiger partial charge in [0, 0.05) is 35.1 Å². The lowest BCUT2D eigenvalue weighted by atomic mass is 10.1. The molecule has 0 bridgehead atoms. The number of rotatable bonds is 5. The molecule has 140 valence electrons. The summed E-state index contributed by atoms with van der Waals surface area (Å²) in [5, 5.41) is 22.2. The molecule has 1 atom stereocenters. The summed E-state index contributed by atoms with van der Waals surface area (Å²) < 4.78 is 0. The van der Waals surface area contributed by atoms with Crippen LogP contribution in [0.5, 0.6) is 0 Å². The summed E-state index contributed by atoms with van der Waals surface area (Å²) in [4.78, 5) is 31.7. The number of aromatic nitrogens is 4. The average Bonchev–Trinajstić information content (AvgIpc) is 3.02. The van der Waals surface area contributed by atoms with Crippen molar-refractivity contribution in [1.82, 2.24) is 25.5 Å². The Balaban J connectivity index is 1.80. The van der Waals surface area contributed by atoms with Crippen molar-refractivity contribution in [3.63, 3.8) is 0 Å². The molecule has 0 saturated heterocycles. The summed E-state index contributed by atoms with van der Waals surface area (Å²) in [5.74, 6) is -1.05. The Morgan fingerprint density at radius 3 is 2.67 bits per heavy atom. The van der Waals surface area contributed by atoms with Gasteiger partial charge in [-0.25, -0.2) is 14.6 Å². The molecule has 0 aliphatic heterocycles. The first-order chi connectivity index (χ1) is 12.8. The first-order valence-corrected chi connectivity index (χ1v) is 8.42. The fourth-order valence-electron chi connectivity index (χ4n) is 2.70. The summed E-state index contributed by atoms with van der Waals surface area (Å²) in [5.41, 5.74) is 3.23. The van der Waals surface area contributed by atoms with Crippen LogP contribution in [0, 0.1) is 12.8 Å². The van der Waals surface area contributed by atoms with Gasteiger partial charge in [-0.05, 0) is 25.0 Å². The zero-order chi connectivity index (χ0) is 19.6. The molecule has 0 aromatic carbocycles. The van der Waals surface area contributed by atoms with Gasteiger partial charge in [-0.2, -0.15) is 5.10 Å². The lowest BCUT2D eigenvalue weighted by Crippen LogP contribution is -2.46. The molecule has 3 rings (SSSR count). The monoisotopic (exact) mass is 368 g/mol. The van der Waals surface area contributed by atoms with E-state index in [0.29, 0.717) is 5.52 Å². The number of carboxylic acids is 1. The molecule has 0 saturated carbocycles. The summed E-state index contributed by atoms with van der Waals surface area (Å²) in [6.45, 7) is 5.34. The molecule has 0 aliphatic carbocycles. The van der Waals surface area contributed by atoms with Crippen LogP contribution in [-0.2, 0) is 4.79 Å². The van der Waals surface area contributed by atoms with E-state index in [1.54, 1.807) is 32.3 Å². The standard InChI is InChI=1S/C18H20N6O3/c1-9(2)15(17(25)26)22-18(27)21-14-7-13-12(8-20-14)16(24-23-13)11-4-5-19-10(3)6-11/h4-9,15H,1-3H3,(H,23,24)(H,25,26)(H2,20,21,22,27). The van der Waals surface area contributed by atoms with Gasteiger partial charge in [0.2, 0.25) is 0 Å². The van der Waals surface area contributed by atoms with Crippen LogP contribution in [0.2, 0.25) is 0 Å². The Kier molecular flexibility index (Phi) is 5.02. The second-order valence-corrected chi connectivity index (χ2v) is 6.53. The van der Waals surface area contributed by atoms with Gasteiger partial charge in [0.25, 0.3) is 0 Å². The SMILES string of the molecule is Cc1cc(-c2n[nH]c3cc(NC(=O)NC(C(=O)O)C(C)C)ncc23)ccn1. The van der Waals surface area contributed by atoms with E-state index in [1.807, 2.05) is 19.1 Å². The van der Waals surface area contributed by atoms with E-state index in [0.717, 1.165) is 22.3 Å². The van der Waals surface area contributed by atoms with Crippen LogP contribution in [-0.4, -0.2) is 43.3 Å². The number of hydrogen-bond acceptors (Lipinski definition) is 5. The second-order valence-electron chi connectivity index (χ2n) is 6.53. The highest BCUT2D eigenvalue weighted by Crippen LogP contribution is 2.26. The third-order valence-corrected chi connectivity index (χ3v) is 4.08. The zero-order valence-corrected chi connectivity index (χ0v) is 15.1. The maximum atomic E-state index is 12.1. The number of hydrogen-bond donors (Lipinski definition) is 4. The van der Waals surface area contributed by atoms with Gasteiger partial charge in [0.05, 0.1) is 5.52 Å². The predicted octanol–water partition coefficient (Wildman–Crippen LogP) is 2.56. The smallest absolute Gasteiger partial charge is 0.326 e. The lowest BCUT2D eigenvalue weighted by molar-refractivity contribution is -0.140. The minimum Gasteiger partial charge on any atom is -0.480 e. The highest BCUT2D eigenvalue weighted by Gasteiger charge is 2.23. The molecule has 0 radical (unpaired) electrons. The number of aryl methyl sites for hydroxylation is 1. The maximum absolute atomic E-state index is 12.1. The number of H-pyrrole nitrogens is 1. The molecule has 9 heteroatoms. The number of fused-ring (bicyclic) bond motifs is 1. The van der Waals surface area contributed by atoms with Gasteiger partial charge >= 0.3 is 12.0 Å². The molecule has 3 aromatic rings. The Morgan fingerprint density at radius 1 is 1.22 bits per heavy atom. The number of carboxylic acid groups (broad SMARTS) is 1. The van der Waals surface area contributed by atoms with Gasteiger partial charge in [-0.3, -0.25) is 15.4 Å². The van der Waals surface area contributed by atoms with Crippen molar-refractivity contribution in [1.29, 1.82) is 0 Å². The number of amides is 2. The van der Waals surface area contributed by atoms with Crippen LogP contribution in [0.3, 0.4) is 0 Å². The van der Waals surface area contributed by atoms with E-state index in [1.165, 1.54) is 0 Å². The molecule has 1 unspecified atom stereocenters. The van der Waals surface area contributed by atoms with E-state index >= 15 is 0 Å². The van der Waals surface area contributed by atoms with Crippen LogP contribution in [0.4, 0.5) is 10.6 Å². The van der Waals surface area contributed by atoms with E-state index in [9.17, 15) is 9.59 Å². The zero-order valence-electron chi connectivity index (χ0n) is 15.1. The van der Waals surface area contributed by atoms with Gasteiger partial charge in [0.15, 0.2) is 0 Å². The fraction of sp³-hybridized carbons (Fsp3) is 0.278. The molecule has 0 spiro atoms. The Morgan fingerprint density at radius 2 is 2.00 bits per heavy atom. The molecule has 27 heavy (non-hydrogen) atoms. The number of nitrogens with zero attached hydrogens (tertiary/aromatic N) is 3. The average molecular weight is 368 g/mol. The summed E-state index contributed by atoms with van der Waals surface area (Å²) >= 11 is 0. The van der Waals surface area contributed by atoms with Crippen LogP contribution < -0.4 is 10.6 Å². The predicted molar refractivity (Wildman–Crippen MR) is 100 cm³/mol. The maximum Gasteiger partial charge on any atom is 0.326 e. The Labute approximate surface area is 155 Å². The highest BCUT2D eigenvalue weighted by atomic mass is 16.4. The minimum absolute atomic E-state index is 0.248. The van der Waals surface area contributed by atoms with Crippen molar-refractivity contribution in [3.05, 3.63) is 36.3 Å². The molecule has 4 N–H and O–H groups in total. The minimum atomic E-state index is -1.09. The second kappa shape index (κ2) is 7.40. The molecular weight excluding hydrogens is 348 g/mol. The Hall–Kier alpha value is -3.49. The van der Waals surface area contributed by atoms with Crippen molar-refractivity contribution in [2.24, 2.45) is 5.92 Å². The molecule has 0 fully saturated rings. The Bertz CT molecular complexity index is 998. The molecule has 2 amide bonds. The molecule has 0 aliphatic rings. The largest absolute Gasteiger partial charge is 0.480 e. The van der Waals surface area contributed by atoms with Gasteiger partial charge in [-0.15, -0.1) is 0 Å². The molecule has 3 aromatic heterocycles. The van der Waals surface area contributed by atoms with Crippen molar-refractivity contribution < 1.29 is 14.7 Å². The summed E-state index contributed by atoms with van der Waals surface area (Å²) in [6.07, 6.45) is 3.32. The molecule has 3 heterocycles. The number of carbonyl (C=O) groups excluding carboxylic acids is 1. The van der Waals surface area contributed by atoms with Crippen molar-refractivity contribution in [2.45, 2.75) is 26.8 Å². The van der Waals surface area contributed by atoms with Gasteiger partial charge < -0.3 is 10.4 Å². The van der Waals surface area contributed by atoms with E-state index in [4.69, 9.17) is 5.11 Å². The number of urea groups is 1. The van der Waals surface area contributed by atoms with Crippen molar-refractivity contribution in [3.8, 4) is 11.3 Å². The van der Waals surface area contributed by atoms with Gasteiger partial charge in [0.1, 0.15) is 17.6 Å². The van der Waals surface area contributed by atoms with E-state index in [-0.39, 0.29) is 11.7 Å². The number of pyridine rings is 2. The van der Waals surface area contributed by atoms with E-state index < -0.39 is 18.0 Å². The van der Waals surface area contributed by atoms with Crippen LogP contribution in [0.15, 0.2) is 30.6 Å². The number of anilines is 1. The first kappa shape index (κ1) is 18.3. The van der Waals surface area contributed by atoms with Crippen molar-refractivity contribution >= 4 is 28.7 Å². The van der Waals surface area contributed by atoms with E-state index in [2.05, 4.69) is 30.8 Å². The number of aliphatic carboxylic acids is 1. The van der Waals surface area contributed by atoms with Crippen LogP contribution in [0.1, 0.15) is 19.5 Å². The van der Waals surface area contributed by atoms with Crippen LogP contribution >= 0.6 is 0 Å². The lowest BCUT2D eigenvalue weighted by Gasteiger charge is -2.18. The quantitative estimate of drug-likeness (QED) is 0.547. The number of carbonyl (C=O) groups is 2. The number of aromatic amines is 1. The molecule has 9 nitrogen and oxygen atoms in total. The van der Waals surface area contributed by atoms with Gasteiger partial charge in [-0.1, -0.05) is 13.8 Å². The summed E-state index contributed by atoms with van der Waals surface area (Å²) in [7, 11) is 0. The van der Waals surface area contributed by atoms with Crippen molar-refractivity contribution in [2.75, 3.05) is 5.32 Å².